The molecule has 2 rings (SSSR count). The molecule has 0 saturated carbocycles. The fourth-order valence-electron chi connectivity index (χ4n) is 1.88. The molecule has 0 radical (unpaired) electrons. The highest BCUT2D eigenvalue weighted by Gasteiger charge is 2.02. The van der Waals surface area contributed by atoms with E-state index in [9.17, 15) is 0 Å². The molecule has 1 heterocycles. The van der Waals surface area contributed by atoms with Crippen LogP contribution in [0.2, 0.25) is 0 Å². The zero-order valence-electron chi connectivity index (χ0n) is 10.1. The van der Waals surface area contributed by atoms with Crippen molar-refractivity contribution in [3.63, 3.8) is 0 Å². The summed E-state index contributed by atoms with van der Waals surface area (Å²) in [5, 5.41) is 8.98. The third-order valence-electron chi connectivity index (χ3n) is 2.83. The Labute approximate surface area is 102 Å². The Bertz CT molecular complexity index is 459. The summed E-state index contributed by atoms with van der Waals surface area (Å²) in [5.74, 6) is 1.14. The highest BCUT2D eigenvalue weighted by atomic mass is 16.3. The number of aliphatic hydroxyl groups is 1. The predicted molar refractivity (Wildman–Crippen MR) is 67.7 cm³/mol. The molecule has 0 aliphatic heterocycles. The Morgan fingerprint density at radius 1 is 1.18 bits per heavy atom. The second-order valence-electron chi connectivity index (χ2n) is 4.20. The highest BCUT2D eigenvalue weighted by molar-refractivity contribution is 5.22. The molecule has 1 N–H and O–H groups in total. The van der Waals surface area contributed by atoms with E-state index in [4.69, 9.17) is 5.11 Å². The lowest BCUT2D eigenvalue weighted by Crippen LogP contribution is -2.04. The van der Waals surface area contributed by atoms with Crippen molar-refractivity contribution >= 4 is 0 Å². The second kappa shape index (κ2) is 5.64. The van der Waals surface area contributed by atoms with Crippen molar-refractivity contribution in [1.82, 2.24) is 9.55 Å². The highest BCUT2D eigenvalue weighted by Crippen LogP contribution is 2.09. The summed E-state index contributed by atoms with van der Waals surface area (Å²) in [5.41, 5.74) is 2.19. The van der Waals surface area contributed by atoms with E-state index in [0.29, 0.717) is 0 Å². The maximum Gasteiger partial charge on any atom is 0.108 e. The van der Waals surface area contributed by atoms with Crippen molar-refractivity contribution in [3.8, 4) is 0 Å². The summed E-state index contributed by atoms with van der Waals surface area (Å²) in [6.07, 6.45) is 6.00. The van der Waals surface area contributed by atoms with Crippen LogP contribution in [0, 0.1) is 0 Å². The van der Waals surface area contributed by atoms with E-state index in [1.807, 2.05) is 24.5 Å². The van der Waals surface area contributed by atoms with E-state index in [0.717, 1.165) is 30.8 Å². The van der Waals surface area contributed by atoms with Crippen molar-refractivity contribution in [2.75, 3.05) is 0 Å². The molecule has 0 spiro atoms. The molecule has 0 unspecified atom stereocenters. The number of nitrogens with zero attached hydrogens (tertiary/aromatic N) is 2. The number of aryl methyl sites for hydroxylation is 1. The van der Waals surface area contributed by atoms with Gasteiger partial charge in [0.15, 0.2) is 0 Å². The van der Waals surface area contributed by atoms with Crippen LogP contribution in [0.4, 0.5) is 0 Å². The normalized spacial score (nSPS) is 10.7. The first-order valence-electron chi connectivity index (χ1n) is 6.02. The molecular formula is C14H18N2O. The summed E-state index contributed by atoms with van der Waals surface area (Å²) in [4.78, 5) is 4.36. The van der Waals surface area contributed by atoms with Crippen molar-refractivity contribution < 1.29 is 5.11 Å². The summed E-state index contributed by atoms with van der Waals surface area (Å²) >= 11 is 0. The lowest BCUT2D eigenvalue weighted by Gasteiger charge is -2.07. The molecule has 0 atom stereocenters. The Morgan fingerprint density at radius 3 is 2.53 bits per heavy atom. The van der Waals surface area contributed by atoms with Crippen LogP contribution >= 0.6 is 0 Å². The van der Waals surface area contributed by atoms with Gasteiger partial charge in [0, 0.05) is 25.4 Å². The molecule has 17 heavy (non-hydrogen) atoms. The fourth-order valence-corrected chi connectivity index (χ4v) is 1.88. The minimum absolute atomic E-state index is 0.104. The molecule has 0 bridgehead atoms. The number of hydrogen-bond acceptors (Lipinski definition) is 2. The first kappa shape index (κ1) is 11.9. The monoisotopic (exact) mass is 230 g/mol. The molecule has 0 saturated heterocycles. The third-order valence-corrected chi connectivity index (χ3v) is 2.83. The van der Waals surface area contributed by atoms with E-state index in [2.05, 4.69) is 28.6 Å². The average molecular weight is 230 g/mol. The van der Waals surface area contributed by atoms with Gasteiger partial charge in [0.25, 0.3) is 0 Å². The lowest BCUT2D eigenvalue weighted by molar-refractivity contribution is 0.282. The zero-order chi connectivity index (χ0) is 12.1. The number of hydrogen-bond donors (Lipinski definition) is 1. The van der Waals surface area contributed by atoms with Gasteiger partial charge >= 0.3 is 0 Å². The number of aliphatic hydroxyl groups excluding tert-OH is 1. The van der Waals surface area contributed by atoms with Gasteiger partial charge in [0.2, 0.25) is 0 Å². The maximum absolute atomic E-state index is 8.98. The maximum atomic E-state index is 8.98. The van der Waals surface area contributed by atoms with Gasteiger partial charge in [-0.25, -0.2) is 4.98 Å². The van der Waals surface area contributed by atoms with E-state index >= 15 is 0 Å². The molecule has 1 aromatic carbocycles. The van der Waals surface area contributed by atoms with E-state index < -0.39 is 0 Å². The van der Waals surface area contributed by atoms with Crippen molar-refractivity contribution in [3.05, 3.63) is 53.6 Å². The largest absolute Gasteiger partial charge is 0.392 e. The molecule has 3 nitrogen and oxygen atoms in total. The van der Waals surface area contributed by atoms with Gasteiger partial charge in [0.1, 0.15) is 5.82 Å². The molecule has 1 aromatic heterocycles. The van der Waals surface area contributed by atoms with Gasteiger partial charge in [-0.2, -0.15) is 0 Å². The zero-order valence-corrected chi connectivity index (χ0v) is 10.1. The SMILES string of the molecule is CCCc1nccn1Cc1ccc(CO)cc1. The van der Waals surface area contributed by atoms with Gasteiger partial charge in [-0.05, 0) is 17.5 Å². The first-order chi connectivity index (χ1) is 8.33. The predicted octanol–water partition coefficient (Wildman–Crippen LogP) is 2.38. The van der Waals surface area contributed by atoms with Crippen LogP contribution < -0.4 is 0 Å². The van der Waals surface area contributed by atoms with Crippen molar-refractivity contribution in [1.29, 1.82) is 0 Å². The minimum atomic E-state index is 0.104. The Balaban J connectivity index is 2.10. The van der Waals surface area contributed by atoms with Gasteiger partial charge in [-0.1, -0.05) is 31.2 Å². The van der Waals surface area contributed by atoms with Gasteiger partial charge in [0.05, 0.1) is 6.61 Å². The average Bonchev–Trinajstić information content (AvgIpc) is 2.78. The third kappa shape index (κ3) is 2.94. The van der Waals surface area contributed by atoms with Crippen molar-refractivity contribution in [2.24, 2.45) is 0 Å². The molecule has 90 valence electrons. The van der Waals surface area contributed by atoms with Crippen molar-refractivity contribution in [2.45, 2.75) is 32.9 Å². The summed E-state index contributed by atoms with van der Waals surface area (Å²) in [6, 6.07) is 8.04. The fraction of sp³-hybridized carbons (Fsp3) is 0.357. The number of benzene rings is 1. The van der Waals surface area contributed by atoms with Gasteiger partial charge in [-0.15, -0.1) is 0 Å². The number of aromatic nitrogens is 2. The summed E-state index contributed by atoms with van der Waals surface area (Å²) in [6.45, 7) is 3.11. The standard InChI is InChI=1S/C14H18N2O/c1-2-3-14-15-8-9-16(14)10-12-4-6-13(11-17)7-5-12/h4-9,17H,2-3,10-11H2,1H3. The van der Waals surface area contributed by atoms with E-state index in [-0.39, 0.29) is 6.61 Å². The molecule has 0 aliphatic carbocycles. The Kier molecular flexibility index (Phi) is 3.94. The first-order valence-corrected chi connectivity index (χ1v) is 6.02. The smallest absolute Gasteiger partial charge is 0.108 e. The van der Waals surface area contributed by atoms with Crippen LogP contribution in [0.1, 0.15) is 30.3 Å². The quantitative estimate of drug-likeness (QED) is 0.856. The molecule has 2 aromatic rings. The van der Waals surface area contributed by atoms with Crippen LogP contribution in [0.3, 0.4) is 0 Å². The molecule has 0 fully saturated rings. The molecular weight excluding hydrogens is 212 g/mol. The van der Waals surface area contributed by atoms with Crippen LogP contribution in [-0.2, 0) is 19.6 Å². The van der Waals surface area contributed by atoms with Gasteiger partial charge < -0.3 is 9.67 Å². The molecule has 0 amide bonds. The van der Waals surface area contributed by atoms with Crippen LogP contribution in [-0.4, -0.2) is 14.7 Å². The van der Waals surface area contributed by atoms with Crippen LogP contribution in [0.25, 0.3) is 0 Å². The molecule has 0 aliphatic rings. The molecule has 3 heteroatoms. The number of rotatable bonds is 5. The van der Waals surface area contributed by atoms with Crippen LogP contribution in [0.5, 0.6) is 0 Å². The van der Waals surface area contributed by atoms with Crippen LogP contribution in [0.15, 0.2) is 36.7 Å². The lowest BCUT2D eigenvalue weighted by atomic mass is 10.1. The topological polar surface area (TPSA) is 38.0 Å². The van der Waals surface area contributed by atoms with E-state index in [1.54, 1.807) is 0 Å². The number of imidazole rings is 1. The summed E-state index contributed by atoms with van der Waals surface area (Å²) < 4.78 is 2.18. The van der Waals surface area contributed by atoms with E-state index in [1.165, 1.54) is 5.56 Å². The van der Waals surface area contributed by atoms with Gasteiger partial charge in [-0.3, -0.25) is 0 Å². The second-order valence-corrected chi connectivity index (χ2v) is 4.20. The summed E-state index contributed by atoms with van der Waals surface area (Å²) in [7, 11) is 0. The minimum Gasteiger partial charge on any atom is -0.392 e. The Hall–Kier alpha value is -1.61. The Morgan fingerprint density at radius 2 is 1.88 bits per heavy atom.